The van der Waals surface area contributed by atoms with Gasteiger partial charge in [0.25, 0.3) is 0 Å². The number of rotatable bonds is 3. The first-order chi connectivity index (χ1) is 9.45. The minimum Gasteiger partial charge on any atom is -0.312 e. The van der Waals surface area contributed by atoms with Gasteiger partial charge < -0.3 is 5.32 Å². The van der Waals surface area contributed by atoms with Crippen molar-refractivity contribution in [2.24, 2.45) is 0 Å². The molecule has 0 amide bonds. The average molecular weight is 321 g/mol. The molecule has 1 aliphatic heterocycles. The summed E-state index contributed by atoms with van der Waals surface area (Å²) in [5.74, 6) is -2.76. The molecule has 6 heteroatoms. The Morgan fingerprint density at radius 1 is 1.15 bits per heavy atom. The van der Waals surface area contributed by atoms with Crippen LogP contribution in [0.25, 0.3) is 0 Å². The second-order valence-electron chi connectivity index (χ2n) is 4.95. The molecule has 0 aromatic heterocycles. The van der Waals surface area contributed by atoms with Gasteiger partial charge in [0.15, 0.2) is 17.5 Å². The van der Waals surface area contributed by atoms with Crippen LogP contribution in [0.2, 0.25) is 0 Å². The third kappa shape index (κ3) is 3.12. The van der Waals surface area contributed by atoms with E-state index < -0.39 is 17.5 Å². The molecule has 1 N–H and O–H groups in total. The summed E-state index contributed by atoms with van der Waals surface area (Å²) < 4.78 is 40.4. The molecule has 4 atom stereocenters. The highest BCUT2D eigenvalue weighted by Gasteiger charge is 2.33. The average Bonchev–Trinajstić information content (AvgIpc) is 2.43. The van der Waals surface area contributed by atoms with Crippen molar-refractivity contribution in [2.75, 3.05) is 12.8 Å². The van der Waals surface area contributed by atoms with Crippen molar-refractivity contribution in [3.63, 3.8) is 0 Å². The lowest BCUT2D eigenvalue weighted by Crippen LogP contribution is -2.36. The zero-order valence-electron chi connectivity index (χ0n) is 11.6. The Labute approximate surface area is 126 Å². The fourth-order valence-corrected chi connectivity index (χ4v) is 5.45. The van der Waals surface area contributed by atoms with Crippen molar-refractivity contribution in [3.8, 4) is 0 Å². The van der Waals surface area contributed by atoms with Crippen LogP contribution in [-0.2, 0) is 0 Å². The second kappa shape index (κ2) is 6.62. The van der Waals surface area contributed by atoms with E-state index >= 15 is 0 Å². The van der Waals surface area contributed by atoms with Gasteiger partial charge in [-0.2, -0.15) is 23.5 Å². The maximum absolute atomic E-state index is 14.0. The second-order valence-corrected chi connectivity index (χ2v) is 7.98. The summed E-state index contributed by atoms with van der Waals surface area (Å²) in [6.45, 7) is 4.31. The van der Waals surface area contributed by atoms with Crippen LogP contribution < -0.4 is 5.32 Å². The molecule has 1 heterocycles. The summed E-state index contributed by atoms with van der Waals surface area (Å²) in [4.78, 5) is 0. The van der Waals surface area contributed by atoms with E-state index in [0.29, 0.717) is 10.5 Å². The van der Waals surface area contributed by atoms with Crippen molar-refractivity contribution in [1.82, 2.24) is 5.32 Å². The highest BCUT2D eigenvalue weighted by Crippen LogP contribution is 2.41. The highest BCUT2D eigenvalue weighted by atomic mass is 32.2. The zero-order valence-corrected chi connectivity index (χ0v) is 13.3. The van der Waals surface area contributed by atoms with E-state index in [-0.39, 0.29) is 16.9 Å². The van der Waals surface area contributed by atoms with Crippen LogP contribution in [0.3, 0.4) is 0 Å². The normalized spacial score (nSPS) is 28.4. The molecule has 20 heavy (non-hydrogen) atoms. The largest absolute Gasteiger partial charge is 0.312 e. The van der Waals surface area contributed by atoms with Gasteiger partial charge in [0.1, 0.15) is 0 Å². The summed E-state index contributed by atoms with van der Waals surface area (Å²) in [6, 6.07) is 2.01. The van der Waals surface area contributed by atoms with Gasteiger partial charge in [-0.15, -0.1) is 0 Å². The first-order valence-electron chi connectivity index (χ1n) is 6.53. The van der Waals surface area contributed by atoms with E-state index in [4.69, 9.17) is 0 Å². The highest BCUT2D eigenvalue weighted by molar-refractivity contribution is 8.07. The topological polar surface area (TPSA) is 12.0 Å². The minimum absolute atomic E-state index is 0.135. The molecule has 2 rings (SSSR count). The third-order valence-corrected chi connectivity index (χ3v) is 7.15. The quantitative estimate of drug-likeness (QED) is 0.846. The molecule has 1 aromatic carbocycles. The predicted octanol–water partition coefficient (Wildman–Crippen LogP) is 3.99. The minimum atomic E-state index is -1.39. The van der Waals surface area contributed by atoms with Gasteiger partial charge in [-0.3, -0.25) is 0 Å². The van der Waals surface area contributed by atoms with Gasteiger partial charge in [-0.1, -0.05) is 19.9 Å². The van der Waals surface area contributed by atoms with Crippen LogP contribution in [0.5, 0.6) is 0 Å². The van der Waals surface area contributed by atoms with E-state index in [9.17, 15) is 13.2 Å². The lowest BCUT2D eigenvalue weighted by Gasteiger charge is -2.36. The van der Waals surface area contributed by atoms with E-state index in [1.807, 2.05) is 11.8 Å². The van der Waals surface area contributed by atoms with Crippen molar-refractivity contribution >= 4 is 23.5 Å². The van der Waals surface area contributed by atoms with Gasteiger partial charge in [-0.25, -0.2) is 13.2 Å². The molecule has 4 unspecified atom stereocenters. The number of hydrogen-bond donors (Lipinski definition) is 1. The Kier molecular flexibility index (Phi) is 5.31. The van der Waals surface area contributed by atoms with Crippen LogP contribution in [-0.4, -0.2) is 28.6 Å². The lowest BCUT2D eigenvalue weighted by atomic mass is 10.0. The maximum Gasteiger partial charge on any atom is 0.194 e. The van der Waals surface area contributed by atoms with Crippen LogP contribution in [0, 0.1) is 17.5 Å². The van der Waals surface area contributed by atoms with E-state index in [1.54, 1.807) is 18.8 Å². The van der Waals surface area contributed by atoms with Crippen molar-refractivity contribution in [3.05, 3.63) is 35.1 Å². The summed E-state index contributed by atoms with van der Waals surface area (Å²) in [7, 11) is 1.72. The van der Waals surface area contributed by atoms with Gasteiger partial charge in [0.05, 0.1) is 0 Å². The van der Waals surface area contributed by atoms with E-state index in [2.05, 4.69) is 19.2 Å². The van der Waals surface area contributed by atoms with Crippen LogP contribution in [0.4, 0.5) is 13.2 Å². The Morgan fingerprint density at radius 3 is 2.45 bits per heavy atom. The van der Waals surface area contributed by atoms with Crippen LogP contribution in [0.15, 0.2) is 12.1 Å². The number of benzene rings is 1. The van der Waals surface area contributed by atoms with Crippen LogP contribution in [0.1, 0.15) is 25.5 Å². The standard InChI is InChI=1S/C14H18F3NS2/c1-7-8(2)20-11(6-19-7)14(18-3)9-4-5-10(15)13(17)12(9)16/h4-5,7-8,11,14,18H,6H2,1-3H3. The SMILES string of the molecule is CNC(c1ccc(F)c(F)c1F)C1CSC(C)C(C)S1. The molecule has 1 saturated heterocycles. The van der Waals surface area contributed by atoms with Gasteiger partial charge in [-0.05, 0) is 13.1 Å². The molecular weight excluding hydrogens is 303 g/mol. The van der Waals surface area contributed by atoms with E-state index in [1.165, 1.54) is 6.07 Å². The van der Waals surface area contributed by atoms with Gasteiger partial charge >= 0.3 is 0 Å². The Bertz CT molecular complexity index is 484. The molecule has 0 radical (unpaired) electrons. The zero-order chi connectivity index (χ0) is 14.9. The van der Waals surface area contributed by atoms with Gasteiger partial charge in [0.2, 0.25) is 0 Å². The monoisotopic (exact) mass is 321 g/mol. The fraction of sp³-hybridized carbons (Fsp3) is 0.571. The smallest absolute Gasteiger partial charge is 0.194 e. The Morgan fingerprint density at radius 2 is 1.85 bits per heavy atom. The maximum atomic E-state index is 14.0. The number of nitrogens with one attached hydrogen (secondary N) is 1. The number of halogens is 3. The number of thioether (sulfide) groups is 2. The lowest BCUT2D eigenvalue weighted by molar-refractivity contribution is 0.428. The van der Waals surface area contributed by atoms with E-state index in [0.717, 1.165) is 11.8 Å². The van der Waals surface area contributed by atoms with Gasteiger partial charge in [0, 0.05) is 33.1 Å². The predicted molar refractivity (Wildman–Crippen MR) is 80.9 cm³/mol. The molecule has 0 bridgehead atoms. The molecule has 1 aliphatic rings. The fourth-order valence-electron chi connectivity index (χ4n) is 2.31. The molecule has 1 aromatic rings. The van der Waals surface area contributed by atoms with Crippen molar-refractivity contribution in [2.45, 2.75) is 35.6 Å². The first kappa shape index (κ1) is 16.0. The van der Waals surface area contributed by atoms with Crippen molar-refractivity contribution in [1.29, 1.82) is 0 Å². The third-order valence-electron chi connectivity index (χ3n) is 3.66. The summed E-state index contributed by atoms with van der Waals surface area (Å²) in [5.41, 5.74) is 0.200. The Hall–Kier alpha value is -0.330. The molecule has 0 aliphatic carbocycles. The van der Waals surface area contributed by atoms with Crippen molar-refractivity contribution < 1.29 is 13.2 Å². The van der Waals surface area contributed by atoms with Crippen LogP contribution >= 0.6 is 23.5 Å². The molecular formula is C14H18F3NS2. The number of hydrogen-bond acceptors (Lipinski definition) is 3. The Balaban J connectivity index is 2.27. The molecule has 112 valence electrons. The summed E-state index contributed by atoms with van der Waals surface area (Å²) in [6.07, 6.45) is 0. The molecule has 0 saturated carbocycles. The first-order valence-corrected chi connectivity index (χ1v) is 8.52. The molecule has 1 nitrogen and oxygen atoms in total. The molecule has 0 spiro atoms. The molecule has 1 fully saturated rings. The summed E-state index contributed by atoms with van der Waals surface area (Å²) >= 11 is 3.61. The summed E-state index contributed by atoms with van der Waals surface area (Å²) in [5, 5.41) is 4.17.